The summed E-state index contributed by atoms with van der Waals surface area (Å²) < 4.78 is 30.8. The first-order valence-electron chi connectivity index (χ1n) is 14.5. The van der Waals surface area contributed by atoms with E-state index in [-0.39, 0.29) is 27.2 Å². The van der Waals surface area contributed by atoms with Gasteiger partial charge in [-0.2, -0.15) is 0 Å². The molecule has 2 fully saturated rings. The zero-order valence-electron chi connectivity index (χ0n) is 23.9. The number of fused-ring (bicyclic) bond motifs is 1. The Morgan fingerprint density at radius 2 is 1.77 bits per heavy atom. The number of nitrogens with one attached hydrogen (secondary N) is 1. The quantitative estimate of drug-likeness (QED) is 0.261. The van der Waals surface area contributed by atoms with Crippen LogP contribution in [0.25, 0.3) is 11.1 Å². The van der Waals surface area contributed by atoms with Crippen molar-refractivity contribution in [1.29, 1.82) is 0 Å². The number of rotatable bonds is 9. The van der Waals surface area contributed by atoms with E-state index in [0.29, 0.717) is 18.2 Å². The third-order valence-corrected chi connectivity index (χ3v) is 9.47. The van der Waals surface area contributed by atoms with Gasteiger partial charge in [-0.1, -0.05) is 72.6 Å². The van der Waals surface area contributed by atoms with Crippen molar-refractivity contribution in [3.8, 4) is 11.1 Å². The number of alkyl halides is 2. The number of nitrogens with zero attached hydrogens (tertiary/aromatic N) is 2. The Kier molecular flexibility index (Phi) is 7.93. The molecule has 0 aromatic heterocycles. The van der Waals surface area contributed by atoms with Gasteiger partial charge in [0.15, 0.2) is 0 Å². The average molecular weight is 643 g/mol. The van der Waals surface area contributed by atoms with Crippen LogP contribution in [0.4, 0.5) is 20.2 Å². The largest absolute Gasteiger partial charge is 0.481 e. The number of hydrogen-bond acceptors (Lipinski definition) is 4. The van der Waals surface area contributed by atoms with Gasteiger partial charge in [-0.05, 0) is 54.2 Å². The second-order valence-corrected chi connectivity index (χ2v) is 12.9. The SMILES string of the molecule is C[C@@H](C(=O)N(CC1CC1)c1cccc(-c2ccccc2)c1)[C@H]1CC(F)(F)CN1[C@@]1(CC(=O)O)C(=O)Nc2c(Cl)cc(Cl)cc21. The topological polar surface area (TPSA) is 90.0 Å². The first-order valence-corrected chi connectivity index (χ1v) is 15.3. The molecule has 0 spiro atoms. The molecule has 11 heteroatoms. The number of carboxylic acids is 1. The number of anilines is 2. The van der Waals surface area contributed by atoms with Crippen molar-refractivity contribution >= 4 is 52.4 Å². The molecule has 0 unspecified atom stereocenters. The predicted octanol–water partition coefficient (Wildman–Crippen LogP) is 7.07. The van der Waals surface area contributed by atoms with E-state index in [0.717, 1.165) is 24.0 Å². The highest BCUT2D eigenvalue weighted by molar-refractivity contribution is 6.38. The van der Waals surface area contributed by atoms with Crippen LogP contribution in [0.15, 0.2) is 66.7 Å². The van der Waals surface area contributed by atoms with E-state index < -0.39 is 54.7 Å². The van der Waals surface area contributed by atoms with Crippen LogP contribution in [0.3, 0.4) is 0 Å². The smallest absolute Gasteiger partial charge is 0.306 e. The Labute approximate surface area is 263 Å². The van der Waals surface area contributed by atoms with E-state index in [9.17, 15) is 19.5 Å². The summed E-state index contributed by atoms with van der Waals surface area (Å²) in [4.78, 5) is 43.2. The maximum absolute atomic E-state index is 15.4. The van der Waals surface area contributed by atoms with Gasteiger partial charge >= 0.3 is 5.97 Å². The summed E-state index contributed by atoms with van der Waals surface area (Å²) in [5, 5.41) is 12.8. The van der Waals surface area contributed by atoms with Crippen molar-refractivity contribution in [1.82, 2.24) is 4.90 Å². The lowest BCUT2D eigenvalue weighted by Crippen LogP contribution is -2.57. The zero-order valence-corrected chi connectivity index (χ0v) is 25.4. The van der Waals surface area contributed by atoms with E-state index in [1.807, 2.05) is 54.6 Å². The zero-order chi connectivity index (χ0) is 31.4. The van der Waals surface area contributed by atoms with Gasteiger partial charge < -0.3 is 15.3 Å². The van der Waals surface area contributed by atoms with Crippen LogP contribution < -0.4 is 10.2 Å². The summed E-state index contributed by atoms with van der Waals surface area (Å²) in [6.07, 6.45) is 0.384. The van der Waals surface area contributed by atoms with Gasteiger partial charge in [0.05, 0.1) is 29.6 Å². The number of benzene rings is 3. The van der Waals surface area contributed by atoms with Crippen LogP contribution in [-0.4, -0.2) is 52.8 Å². The van der Waals surface area contributed by atoms with E-state index >= 15 is 8.78 Å². The standard InChI is InChI=1S/C33H31Cl2F2N3O4/c1-19(30(43)39(17-20-10-11-20)24-9-5-8-22(12-24)21-6-3-2-4-7-21)27-15-32(36,37)18-40(27)33(16-28(41)42)25-13-23(34)14-26(35)29(25)38-31(33)44/h2-9,12-14,19-20,27H,10-11,15-18H2,1H3,(H,38,44)(H,41,42)/t19-,27-,33-/m1/s1. The lowest BCUT2D eigenvalue weighted by molar-refractivity contribution is -0.147. The molecular weight excluding hydrogens is 611 g/mol. The minimum Gasteiger partial charge on any atom is -0.481 e. The fourth-order valence-electron chi connectivity index (χ4n) is 6.63. The summed E-state index contributed by atoms with van der Waals surface area (Å²) in [5.74, 6) is -6.55. The Hall–Kier alpha value is -3.53. The molecule has 230 valence electrons. The van der Waals surface area contributed by atoms with Crippen molar-refractivity contribution in [3.05, 3.63) is 82.3 Å². The Morgan fingerprint density at radius 1 is 1.07 bits per heavy atom. The van der Waals surface area contributed by atoms with Crippen LogP contribution in [0, 0.1) is 11.8 Å². The molecule has 0 bridgehead atoms. The summed E-state index contributed by atoms with van der Waals surface area (Å²) in [7, 11) is 0. The highest BCUT2D eigenvalue weighted by Gasteiger charge is 2.62. The van der Waals surface area contributed by atoms with Crippen molar-refractivity contribution in [2.24, 2.45) is 11.8 Å². The number of aliphatic carboxylic acids is 1. The molecule has 1 saturated heterocycles. The van der Waals surface area contributed by atoms with E-state index in [1.54, 1.807) is 11.8 Å². The highest BCUT2D eigenvalue weighted by Crippen LogP contribution is 2.52. The third kappa shape index (κ3) is 5.57. The van der Waals surface area contributed by atoms with Gasteiger partial charge in [0.25, 0.3) is 5.92 Å². The van der Waals surface area contributed by atoms with Crippen LogP contribution >= 0.6 is 23.2 Å². The average Bonchev–Trinajstić information content (AvgIpc) is 3.69. The van der Waals surface area contributed by atoms with E-state index in [1.165, 1.54) is 17.0 Å². The molecular formula is C33H31Cl2F2N3O4. The van der Waals surface area contributed by atoms with Crippen LogP contribution in [-0.2, 0) is 19.9 Å². The number of likely N-dealkylation sites (tertiary alicyclic amines) is 1. The molecule has 3 aromatic rings. The Balaban J connectivity index is 1.40. The predicted molar refractivity (Wildman–Crippen MR) is 165 cm³/mol. The molecule has 2 N–H and O–H groups in total. The molecule has 6 rings (SSSR count). The fourth-order valence-corrected chi connectivity index (χ4v) is 7.18. The molecule has 7 nitrogen and oxygen atoms in total. The van der Waals surface area contributed by atoms with Gasteiger partial charge in [-0.25, -0.2) is 8.78 Å². The molecule has 0 radical (unpaired) electrons. The fraction of sp³-hybridized carbons (Fsp3) is 0.364. The normalized spacial score (nSPS) is 23.2. The van der Waals surface area contributed by atoms with Crippen LogP contribution in [0.2, 0.25) is 10.0 Å². The maximum Gasteiger partial charge on any atom is 0.306 e. The van der Waals surface area contributed by atoms with Crippen molar-refractivity contribution in [2.45, 2.75) is 50.1 Å². The number of carbonyl (C=O) groups excluding carboxylic acids is 2. The minimum absolute atomic E-state index is 0.0636. The first kappa shape index (κ1) is 30.5. The van der Waals surface area contributed by atoms with E-state index in [4.69, 9.17) is 23.2 Å². The molecule has 3 aliphatic rings. The van der Waals surface area contributed by atoms with Gasteiger partial charge in [0.2, 0.25) is 11.8 Å². The second kappa shape index (κ2) is 11.4. The molecule has 3 aromatic carbocycles. The third-order valence-electron chi connectivity index (χ3n) is 8.96. The molecule has 1 saturated carbocycles. The van der Waals surface area contributed by atoms with Crippen molar-refractivity contribution in [3.63, 3.8) is 0 Å². The molecule has 2 aliphatic heterocycles. The first-order chi connectivity index (χ1) is 20.9. The minimum atomic E-state index is -3.29. The van der Waals surface area contributed by atoms with Gasteiger partial charge in [0.1, 0.15) is 5.54 Å². The summed E-state index contributed by atoms with van der Waals surface area (Å²) in [5.41, 5.74) is 0.713. The van der Waals surface area contributed by atoms with Crippen molar-refractivity contribution in [2.75, 3.05) is 23.3 Å². The lowest BCUT2D eigenvalue weighted by Gasteiger charge is -2.42. The highest BCUT2D eigenvalue weighted by atomic mass is 35.5. The maximum atomic E-state index is 15.4. The summed E-state index contributed by atoms with van der Waals surface area (Å²) in [6.45, 7) is 1.10. The number of hydrogen-bond donors (Lipinski definition) is 2. The number of halogens is 4. The van der Waals surface area contributed by atoms with Crippen LogP contribution in [0.1, 0.15) is 38.2 Å². The second-order valence-electron chi connectivity index (χ2n) is 12.0. The summed E-state index contributed by atoms with van der Waals surface area (Å²) in [6, 6.07) is 18.9. The Morgan fingerprint density at radius 3 is 2.45 bits per heavy atom. The number of carboxylic acid groups (broad SMARTS) is 1. The molecule has 2 heterocycles. The van der Waals surface area contributed by atoms with E-state index in [2.05, 4.69) is 5.32 Å². The number of amides is 2. The van der Waals surface area contributed by atoms with Crippen molar-refractivity contribution < 1.29 is 28.3 Å². The van der Waals surface area contributed by atoms with Crippen LogP contribution in [0.5, 0.6) is 0 Å². The molecule has 44 heavy (non-hydrogen) atoms. The Bertz CT molecular complexity index is 1630. The lowest BCUT2D eigenvalue weighted by atomic mass is 9.83. The molecule has 3 atom stereocenters. The number of carbonyl (C=O) groups is 3. The monoisotopic (exact) mass is 641 g/mol. The van der Waals surface area contributed by atoms with Gasteiger partial charge in [0, 0.05) is 35.3 Å². The summed E-state index contributed by atoms with van der Waals surface area (Å²) >= 11 is 12.6. The molecule has 1 aliphatic carbocycles. The van der Waals surface area contributed by atoms with Gasteiger partial charge in [-0.15, -0.1) is 0 Å². The molecule has 2 amide bonds. The van der Waals surface area contributed by atoms with Gasteiger partial charge in [-0.3, -0.25) is 19.3 Å².